The van der Waals surface area contributed by atoms with Gasteiger partial charge in [0.1, 0.15) is 0 Å². The van der Waals surface area contributed by atoms with Crippen LogP contribution in [0.1, 0.15) is 49.0 Å². The first kappa shape index (κ1) is 14.0. The second kappa shape index (κ2) is 6.68. The SMILES string of the molecule is O[C@H](CNc1nccc(C2CCCC2)n1)c1ccccc1. The molecule has 21 heavy (non-hydrogen) atoms. The first-order valence-electron chi connectivity index (χ1n) is 7.63. The van der Waals surface area contributed by atoms with Crippen molar-refractivity contribution in [3.05, 3.63) is 53.9 Å². The first-order valence-corrected chi connectivity index (χ1v) is 7.63. The van der Waals surface area contributed by atoms with Crippen molar-refractivity contribution in [2.75, 3.05) is 11.9 Å². The van der Waals surface area contributed by atoms with Gasteiger partial charge in [-0.25, -0.2) is 9.97 Å². The first-order chi connectivity index (χ1) is 10.3. The minimum atomic E-state index is -0.551. The molecule has 1 atom stereocenters. The van der Waals surface area contributed by atoms with E-state index >= 15 is 0 Å². The largest absolute Gasteiger partial charge is 0.387 e. The van der Waals surface area contributed by atoms with Crippen LogP contribution < -0.4 is 5.32 Å². The number of hydrogen-bond donors (Lipinski definition) is 2. The number of aromatic nitrogens is 2. The van der Waals surface area contributed by atoms with E-state index in [0.717, 1.165) is 11.3 Å². The van der Waals surface area contributed by atoms with Gasteiger partial charge in [-0.2, -0.15) is 0 Å². The minimum Gasteiger partial charge on any atom is -0.387 e. The van der Waals surface area contributed by atoms with Gasteiger partial charge in [0.05, 0.1) is 6.10 Å². The molecule has 0 amide bonds. The zero-order valence-electron chi connectivity index (χ0n) is 12.1. The maximum absolute atomic E-state index is 10.1. The average Bonchev–Trinajstić information content (AvgIpc) is 3.08. The van der Waals surface area contributed by atoms with E-state index in [1.54, 1.807) is 6.20 Å². The fraction of sp³-hybridized carbons (Fsp3) is 0.412. The second-order valence-electron chi connectivity index (χ2n) is 5.59. The number of aliphatic hydroxyl groups excluding tert-OH is 1. The molecule has 1 aliphatic carbocycles. The Morgan fingerprint density at radius 1 is 1.14 bits per heavy atom. The Labute approximate surface area is 125 Å². The van der Waals surface area contributed by atoms with Gasteiger partial charge in [-0.3, -0.25) is 0 Å². The third kappa shape index (κ3) is 3.58. The molecule has 1 aromatic heterocycles. The van der Waals surface area contributed by atoms with E-state index in [9.17, 15) is 5.11 Å². The second-order valence-corrected chi connectivity index (χ2v) is 5.59. The van der Waals surface area contributed by atoms with Crippen LogP contribution in [0.15, 0.2) is 42.6 Å². The van der Waals surface area contributed by atoms with Crippen LogP contribution in [-0.2, 0) is 0 Å². The molecule has 0 aliphatic heterocycles. The highest BCUT2D eigenvalue weighted by atomic mass is 16.3. The summed E-state index contributed by atoms with van der Waals surface area (Å²) in [5, 5.41) is 13.3. The van der Waals surface area contributed by atoms with Gasteiger partial charge in [-0.15, -0.1) is 0 Å². The molecular weight excluding hydrogens is 262 g/mol. The normalized spacial score (nSPS) is 16.8. The summed E-state index contributed by atoms with van der Waals surface area (Å²) in [4.78, 5) is 8.83. The number of aliphatic hydroxyl groups is 1. The smallest absolute Gasteiger partial charge is 0.222 e. The van der Waals surface area contributed by atoms with Crippen molar-refractivity contribution in [2.45, 2.75) is 37.7 Å². The number of hydrogen-bond acceptors (Lipinski definition) is 4. The Morgan fingerprint density at radius 2 is 1.90 bits per heavy atom. The number of rotatable bonds is 5. The average molecular weight is 283 g/mol. The van der Waals surface area contributed by atoms with Gasteiger partial charge < -0.3 is 10.4 Å². The molecule has 0 bridgehead atoms. The Hall–Kier alpha value is -1.94. The summed E-state index contributed by atoms with van der Waals surface area (Å²) in [6.07, 6.45) is 6.29. The lowest BCUT2D eigenvalue weighted by Crippen LogP contribution is -2.14. The number of nitrogens with one attached hydrogen (secondary N) is 1. The molecule has 0 radical (unpaired) electrons. The number of nitrogens with zero attached hydrogens (tertiary/aromatic N) is 2. The molecule has 0 unspecified atom stereocenters. The molecule has 1 saturated carbocycles. The van der Waals surface area contributed by atoms with Crippen LogP contribution in [0.4, 0.5) is 5.95 Å². The Morgan fingerprint density at radius 3 is 2.67 bits per heavy atom. The molecule has 1 aromatic carbocycles. The molecule has 1 aliphatic rings. The summed E-state index contributed by atoms with van der Waals surface area (Å²) in [6.45, 7) is 0.415. The standard InChI is InChI=1S/C17H21N3O/c21-16(14-8-2-1-3-9-14)12-19-17-18-11-10-15(20-17)13-6-4-5-7-13/h1-3,8-11,13,16,21H,4-7,12H2,(H,18,19,20)/t16-/m1/s1. The van der Waals surface area contributed by atoms with E-state index in [1.807, 2.05) is 36.4 Å². The third-order valence-electron chi connectivity index (χ3n) is 4.09. The molecule has 4 heteroatoms. The maximum Gasteiger partial charge on any atom is 0.222 e. The lowest BCUT2D eigenvalue weighted by molar-refractivity contribution is 0.191. The van der Waals surface area contributed by atoms with Gasteiger partial charge >= 0.3 is 0 Å². The fourth-order valence-electron chi connectivity index (χ4n) is 2.89. The van der Waals surface area contributed by atoms with E-state index in [1.165, 1.54) is 25.7 Å². The molecule has 1 fully saturated rings. The van der Waals surface area contributed by atoms with E-state index in [-0.39, 0.29) is 0 Å². The Balaban J connectivity index is 1.61. The molecule has 4 nitrogen and oxygen atoms in total. The van der Waals surface area contributed by atoms with Crippen LogP contribution in [0, 0.1) is 0 Å². The highest BCUT2D eigenvalue weighted by Gasteiger charge is 2.18. The highest BCUT2D eigenvalue weighted by molar-refractivity contribution is 5.28. The van der Waals surface area contributed by atoms with E-state index < -0.39 is 6.10 Å². The quantitative estimate of drug-likeness (QED) is 0.884. The van der Waals surface area contributed by atoms with Crippen LogP contribution in [-0.4, -0.2) is 21.6 Å². The monoisotopic (exact) mass is 283 g/mol. The molecule has 2 aromatic rings. The van der Waals surface area contributed by atoms with Crippen molar-refractivity contribution in [1.82, 2.24) is 9.97 Å². The zero-order chi connectivity index (χ0) is 14.5. The topological polar surface area (TPSA) is 58.0 Å². The highest BCUT2D eigenvalue weighted by Crippen LogP contribution is 2.32. The van der Waals surface area contributed by atoms with Gasteiger partial charge in [0.25, 0.3) is 0 Å². The van der Waals surface area contributed by atoms with Crippen molar-refractivity contribution >= 4 is 5.95 Å². The minimum absolute atomic E-state index is 0.415. The molecule has 110 valence electrons. The zero-order valence-corrected chi connectivity index (χ0v) is 12.1. The number of anilines is 1. The van der Waals surface area contributed by atoms with Gasteiger partial charge in [0, 0.05) is 24.4 Å². The summed E-state index contributed by atoms with van der Waals surface area (Å²) in [6, 6.07) is 11.6. The van der Waals surface area contributed by atoms with E-state index in [2.05, 4.69) is 15.3 Å². The third-order valence-corrected chi connectivity index (χ3v) is 4.09. The van der Waals surface area contributed by atoms with Crippen molar-refractivity contribution in [3.63, 3.8) is 0 Å². The predicted molar refractivity (Wildman–Crippen MR) is 83.1 cm³/mol. The maximum atomic E-state index is 10.1. The van der Waals surface area contributed by atoms with Gasteiger partial charge in [0.2, 0.25) is 5.95 Å². The number of benzene rings is 1. The van der Waals surface area contributed by atoms with Crippen molar-refractivity contribution < 1.29 is 5.11 Å². The lowest BCUT2D eigenvalue weighted by Gasteiger charge is -2.13. The molecular formula is C17H21N3O. The van der Waals surface area contributed by atoms with Crippen molar-refractivity contribution in [3.8, 4) is 0 Å². The fourth-order valence-corrected chi connectivity index (χ4v) is 2.89. The predicted octanol–water partition coefficient (Wildman–Crippen LogP) is 3.28. The molecule has 0 saturated heterocycles. The Bertz CT molecular complexity index is 567. The summed E-state index contributed by atoms with van der Waals surface area (Å²) in [5.41, 5.74) is 2.02. The molecule has 3 rings (SSSR count). The van der Waals surface area contributed by atoms with Gasteiger partial charge in [0.15, 0.2) is 0 Å². The van der Waals surface area contributed by atoms with Crippen molar-refractivity contribution in [2.24, 2.45) is 0 Å². The van der Waals surface area contributed by atoms with Crippen molar-refractivity contribution in [1.29, 1.82) is 0 Å². The summed E-state index contributed by atoms with van der Waals surface area (Å²) >= 11 is 0. The van der Waals surface area contributed by atoms with E-state index in [0.29, 0.717) is 18.4 Å². The van der Waals surface area contributed by atoms with Crippen LogP contribution in [0.5, 0.6) is 0 Å². The summed E-state index contributed by atoms with van der Waals surface area (Å²) in [7, 11) is 0. The van der Waals surface area contributed by atoms with Gasteiger partial charge in [-0.05, 0) is 24.5 Å². The van der Waals surface area contributed by atoms with Crippen LogP contribution in [0.25, 0.3) is 0 Å². The Kier molecular flexibility index (Phi) is 4.46. The van der Waals surface area contributed by atoms with Crippen LogP contribution in [0.2, 0.25) is 0 Å². The molecule has 1 heterocycles. The molecule has 0 spiro atoms. The summed E-state index contributed by atoms with van der Waals surface area (Å²) in [5.74, 6) is 1.18. The van der Waals surface area contributed by atoms with E-state index in [4.69, 9.17) is 0 Å². The van der Waals surface area contributed by atoms with Gasteiger partial charge in [-0.1, -0.05) is 43.2 Å². The van der Waals surface area contributed by atoms with Crippen LogP contribution in [0.3, 0.4) is 0 Å². The lowest BCUT2D eigenvalue weighted by atomic mass is 10.0. The van der Waals surface area contributed by atoms with Crippen LogP contribution >= 0.6 is 0 Å². The molecule has 2 N–H and O–H groups in total. The summed E-state index contributed by atoms with van der Waals surface area (Å²) < 4.78 is 0.